The van der Waals surface area contributed by atoms with E-state index in [-0.39, 0.29) is 11.5 Å². The summed E-state index contributed by atoms with van der Waals surface area (Å²) in [5.74, 6) is -1.20. The Balaban J connectivity index is 1.72. The van der Waals surface area contributed by atoms with Crippen molar-refractivity contribution in [3.63, 3.8) is 0 Å². The van der Waals surface area contributed by atoms with Gasteiger partial charge in [-0.15, -0.1) is 0 Å². The number of hydrogen-bond donors (Lipinski definition) is 2. The fourth-order valence-corrected chi connectivity index (χ4v) is 3.71. The zero-order chi connectivity index (χ0) is 24.6. The molecule has 0 atom stereocenters. The molecule has 2 amide bonds. The topological polar surface area (TPSA) is 84.5 Å². The van der Waals surface area contributed by atoms with Gasteiger partial charge in [0.15, 0.2) is 6.61 Å². The molecule has 0 saturated heterocycles. The van der Waals surface area contributed by atoms with E-state index >= 15 is 0 Å². The molecule has 0 unspecified atom stereocenters. The van der Waals surface area contributed by atoms with Gasteiger partial charge >= 0.3 is 5.97 Å². The van der Waals surface area contributed by atoms with E-state index in [0.717, 1.165) is 24.8 Å². The van der Waals surface area contributed by atoms with Crippen LogP contribution in [0.4, 0.5) is 11.4 Å². The first kappa shape index (κ1) is 27.1. The molecule has 2 N–H and O–H groups in total. The molecule has 0 aliphatic carbocycles. The van der Waals surface area contributed by atoms with Crippen LogP contribution in [0, 0.1) is 6.92 Å². The lowest BCUT2D eigenvalue weighted by atomic mass is 10.1. The van der Waals surface area contributed by atoms with Crippen LogP contribution in [0.1, 0.15) is 87.1 Å². The first-order valence-electron chi connectivity index (χ1n) is 12.4. The number of anilines is 2. The van der Waals surface area contributed by atoms with E-state index in [1.165, 1.54) is 38.5 Å². The number of esters is 1. The van der Waals surface area contributed by atoms with Crippen molar-refractivity contribution in [2.75, 3.05) is 17.2 Å². The van der Waals surface area contributed by atoms with Crippen LogP contribution in [0.2, 0.25) is 0 Å². The van der Waals surface area contributed by atoms with Crippen LogP contribution < -0.4 is 10.6 Å². The molecule has 6 heteroatoms. The third-order valence-electron chi connectivity index (χ3n) is 5.56. The van der Waals surface area contributed by atoms with E-state index in [0.29, 0.717) is 17.8 Å². The number of nitrogens with one attached hydrogen (secondary N) is 2. The predicted molar refractivity (Wildman–Crippen MR) is 137 cm³/mol. The normalized spacial score (nSPS) is 10.5. The van der Waals surface area contributed by atoms with Crippen molar-refractivity contribution in [1.29, 1.82) is 0 Å². The minimum Gasteiger partial charge on any atom is -0.452 e. The zero-order valence-electron chi connectivity index (χ0n) is 20.5. The molecule has 0 bridgehead atoms. The van der Waals surface area contributed by atoms with Gasteiger partial charge in [-0.05, 0) is 43.2 Å². The first-order chi connectivity index (χ1) is 16.5. The molecule has 0 radical (unpaired) electrons. The number of ether oxygens (including phenoxy) is 1. The number of benzene rings is 2. The summed E-state index contributed by atoms with van der Waals surface area (Å²) in [5.41, 5.74) is 2.28. The van der Waals surface area contributed by atoms with E-state index in [1.807, 2.05) is 25.1 Å². The Hall–Kier alpha value is -3.15. The minimum atomic E-state index is -0.654. The van der Waals surface area contributed by atoms with Gasteiger partial charge in [-0.1, -0.05) is 82.6 Å². The van der Waals surface area contributed by atoms with Crippen LogP contribution >= 0.6 is 0 Å². The summed E-state index contributed by atoms with van der Waals surface area (Å²) in [5, 5.41) is 5.51. The molecule has 0 fully saturated rings. The number of amides is 2. The Morgan fingerprint density at radius 1 is 0.765 bits per heavy atom. The van der Waals surface area contributed by atoms with E-state index in [1.54, 1.807) is 30.3 Å². The number of carbonyl (C=O) groups is 3. The average molecular weight is 467 g/mol. The third-order valence-corrected chi connectivity index (χ3v) is 5.56. The monoisotopic (exact) mass is 466 g/mol. The lowest BCUT2D eigenvalue weighted by molar-refractivity contribution is -0.119. The highest BCUT2D eigenvalue weighted by atomic mass is 16.5. The van der Waals surface area contributed by atoms with Crippen molar-refractivity contribution in [2.45, 2.75) is 78.1 Å². The molecule has 0 spiro atoms. The van der Waals surface area contributed by atoms with Gasteiger partial charge in [0.2, 0.25) is 5.91 Å². The Bertz CT molecular complexity index is 926. The molecule has 2 rings (SSSR count). The molecule has 2 aromatic rings. The summed E-state index contributed by atoms with van der Waals surface area (Å²) in [4.78, 5) is 37.0. The highest BCUT2D eigenvalue weighted by molar-refractivity contribution is 6.02. The number of carbonyl (C=O) groups excluding carboxylic acids is 3. The largest absolute Gasteiger partial charge is 0.452 e. The zero-order valence-corrected chi connectivity index (χ0v) is 20.5. The number of para-hydroxylation sites is 1. The smallest absolute Gasteiger partial charge is 0.340 e. The number of rotatable bonds is 15. The molecule has 0 aliphatic rings. The SMILES string of the molecule is CCCCCCCCCCCC(=O)Nc1ccccc1C(=O)OCC(=O)Nc1cccc(C)c1. The van der Waals surface area contributed by atoms with E-state index < -0.39 is 18.5 Å². The van der Waals surface area contributed by atoms with Crippen molar-refractivity contribution < 1.29 is 19.1 Å². The Morgan fingerprint density at radius 3 is 2.15 bits per heavy atom. The lowest BCUT2D eigenvalue weighted by Crippen LogP contribution is -2.22. The highest BCUT2D eigenvalue weighted by Crippen LogP contribution is 2.18. The average Bonchev–Trinajstić information content (AvgIpc) is 2.82. The summed E-state index contributed by atoms with van der Waals surface area (Å²) in [6, 6.07) is 14.0. The van der Waals surface area contributed by atoms with Crippen molar-refractivity contribution in [1.82, 2.24) is 0 Å². The predicted octanol–water partition coefficient (Wildman–Crippen LogP) is 6.65. The van der Waals surface area contributed by atoms with Crippen LogP contribution in [-0.4, -0.2) is 24.4 Å². The van der Waals surface area contributed by atoms with Crippen LogP contribution in [0.5, 0.6) is 0 Å². The molecule has 0 aromatic heterocycles. The minimum absolute atomic E-state index is 0.125. The molecular formula is C28H38N2O4. The van der Waals surface area contributed by atoms with Crippen molar-refractivity contribution in [3.05, 3.63) is 59.7 Å². The Kier molecular flexibility index (Phi) is 12.5. The van der Waals surface area contributed by atoms with Gasteiger partial charge in [0.25, 0.3) is 5.91 Å². The van der Waals surface area contributed by atoms with Gasteiger partial charge in [-0.2, -0.15) is 0 Å². The fourth-order valence-electron chi connectivity index (χ4n) is 3.71. The van der Waals surface area contributed by atoms with Crippen LogP contribution in [0.15, 0.2) is 48.5 Å². The van der Waals surface area contributed by atoms with Crippen molar-refractivity contribution >= 4 is 29.2 Å². The molecule has 0 saturated carbocycles. The van der Waals surface area contributed by atoms with Crippen molar-refractivity contribution in [2.24, 2.45) is 0 Å². The van der Waals surface area contributed by atoms with Gasteiger partial charge in [-0.25, -0.2) is 4.79 Å². The maximum absolute atomic E-state index is 12.5. The van der Waals surface area contributed by atoms with Crippen LogP contribution in [-0.2, 0) is 14.3 Å². The van der Waals surface area contributed by atoms with Crippen LogP contribution in [0.25, 0.3) is 0 Å². The standard InChI is InChI=1S/C28H38N2O4/c1-3-4-5-6-7-8-9-10-11-19-26(31)30-25-18-13-12-17-24(25)28(33)34-21-27(32)29-23-16-14-15-22(2)20-23/h12-18,20H,3-11,19,21H2,1-2H3,(H,29,32)(H,30,31). The Morgan fingerprint density at radius 2 is 1.44 bits per heavy atom. The van der Waals surface area contributed by atoms with E-state index in [2.05, 4.69) is 17.6 Å². The Labute approximate surface area is 203 Å². The summed E-state index contributed by atoms with van der Waals surface area (Å²) < 4.78 is 5.17. The molecular weight excluding hydrogens is 428 g/mol. The van der Waals surface area contributed by atoms with Gasteiger partial charge in [-0.3, -0.25) is 9.59 Å². The number of hydrogen-bond acceptors (Lipinski definition) is 4. The van der Waals surface area contributed by atoms with Gasteiger partial charge < -0.3 is 15.4 Å². The van der Waals surface area contributed by atoms with Gasteiger partial charge in [0.1, 0.15) is 0 Å². The highest BCUT2D eigenvalue weighted by Gasteiger charge is 2.16. The quantitative estimate of drug-likeness (QED) is 0.227. The van der Waals surface area contributed by atoms with Gasteiger partial charge in [0, 0.05) is 12.1 Å². The maximum Gasteiger partial charge on any atom is 0.340 e. The second kappa shape index (κ2) is 15.6. The molecule has 34 heavy (non-hydrogen) atoms. The second-order valence-electron chi connectivity index (χ2n) is 8.67. The summed E-state index contributed by atoms with van der Waals surface area (Å²) in [6.45, 7) is 3.74. The molecule has 2 aromatic carbocycles. The van der Waals surface area contributed by atoms with E-state index in [9.17, 15) is 14.4 Å². The lowest BCUT2D eigenvalue weighted by Gasteiger charge is -2.11. The number of unbranched alkanes of at least 4 members (excludes halogenated alkanes) is 8. The molecule has 0 aliphatic heterocycles. The number of aryl methyl sites for hydroxylation is 1. The molecule has 184 valence electrons. The summed E-state index contributed by atoms with van der Waals surface area (Å²) >= 11 is 0. The molecule has 6 nitrogen and oxygen atoms in total. The summed E-state index contributed by atoms with van der Waals surface area (Å²) in [7, 11) is 0. The van der Waals surface area contributed by atoms with Crippen molar-refractivity contribution in [3.8, 4) is 0 Å². The van der Waals surface area contributed by atoms with E-state index in [4.69, 9.17) is 4.74 Å². The fraction of sp³-hybridized carbons (Fsp3) is 0.464. The van der Waals surface area contributed by atoms with Crippen LogP contribution in [0.3, 0.4) is 0 Å². The summed E-state index contributed by atoms with van der Waals surface area (Å²) in [6.07, 6.45) is 11.1. The maximum atomic E-state index is 12.5. The first-order valence-corrected chi connectivity index (χ1v) is 12.4. The third kappa shape index (κ3) is 10.6. The second-order valence-corrected chi connectivity index (χ2v) is 8.67. The molecule has 0 heterocycles. The van der Waals surface area contributed by atoms with Gasteiger partial charge in [0.05, 0.1) is 11.3 Å².